The summed E-state index contributed by atoms with van der Waals surface area (Å²) in [6.45, 7) is 2.55. The van der Waals surface area contributed by atoms with Crippen LogP contribution in [-0.4, -0.2) is 10.2 Å². The fourth-order valence-electron chi connectivity index (χ4n) is 1.55. The number of hydrogen-bond donors (Lipinski definition) is 1. The second-order valence-electron chi connectivity index (χ2n) is 3.78. The van der Waals surface area contributed by atoms with Crippen molar-refractivity contribution in [3.63, 3.8) is 0 Å². The standard InChI is InChI=1S/C12H11N3O2S/c1-8-4-6-18-10(8)11-14-15-12(17-11)13-7-9-3-2-5-16-9/h2-6H,7H2,1H3,(H,13,15). The molecule has 0 spiro atoms. The third kappa shape index (κ3) is 2.14. The van der Waals surface area contributed by atoms with E-state index in [2.05, 4.69) is 15.5 Å². The molecule has 0 aliphatic rings. The Morgan fingerprint density at radius 2 is 2.28 bits per heavy atom. The van der Waals surface area contributed by atoms with Gasteiger partial charge >= 0.3 is 6.01 Å². The zero-order valence-corrected chi connectivity index (χ0v) is 10.5. The van der Waals surface area contributed by atoms with E-state index < -0.39 is 0 Å². The lowest BCUT2D eigenvalue weighted by molar-refractivity contribution is 0.511. The van der Waals surface area contributed by atoms with Crippen LogP contribution in [-0.2, 0) is 6.54 Å². The molecule has 1 N–H and O–H groups in total. The molecule has 3 heterocycles. The van der Waals surface area contributed by atoms with E-state index in [9.17, 15) is 0 Å². The topological polar surface area (TPSA) is 64.1 Å². The maximum absolute atomic E-state index is 5.54. The van der Waals surface area contributed by atoms with Crippen molar-refractivity contribution in [3.8, 4) is 10.8 Å². The fraction of sp³-hybridized carbons (Fsp3) is 0.167. The Bertz CT molecular complexity index is 627. The molecule has 6 heteroatoms. The lowest BCUT2D eigenvalue weighted by Gasteiger charge is -1.96. The molecule has 0 saturated carbocycles. The Morgan fingerprint density at radius 3 is 3.00 bits per heavy atom. The smallest absolute Gasteiger partial charge is 0.316 e. The van der Waals surface area contributed by atoms with Crippen LogP contribution in [0.25, 0.3) is 10.8 Å². The van der Waals surface area contributed by atoms with Crippen LogP contribution in [0.2, 0.25) is 0 Å². The number of furan rings is 1. The zero-order valence-electron chi connectivity index (χ0n) is 9.71. The minimum absolute atomic E-state index is 0.397. The molecule has 0 amide bonds. The normalized spacial score (nSPS) is 10.7. The molecule has 5 nitrogen and oxygen atoms in total. The largest absolute Gasteiger partial charge is 0.467 e. The summed E-state index contributed by atoms with van der Waals surface area (Å²) in [5, 5.41) is 13.0. The number of thiophene rings is 1. The first-order chi connectivity index (χ1) is 8.83. The third-order valence-electron chi connectivity index (χ3n) is 2.48. The van der Waals surface area contributed by atoms with Gasteiger partial charge in [-0.25, -0.2) is 0 Å². The number of aryl methyl sites for hydroxylation is 1. The molecule has 0 aromatic carbocycles. The van der Waals surface area contributed by atoms with Gasteiger partial charge in [-0.2, -0.15) is 0 Å². The molecule has 92 valence electrons. The second kappa shape index (κ2) is 4.66. The zero-order chi connectivity index (χ0) is 12.4. The highest BCUT2D eigenvalue weighted by Crippen LogP contribution is 2.28. The van der Waals surface area contributed by atoms with Crippen molar-refractivity contribution in [2.24, 2.45) is 0 Å². The minimum atomic E-state index is 0.397. The second-order valence-corrected chi connectivity index (χ2v) is 4.69. The van der Waals surface area contributed by atoms with E-state index in [1.807, 2.05) is 30.5 Å². The summed E-state index contributed by atoms with van der Waals surface area (Å²) in [4.78, 5) is 1.01. The Morgan fingerprint density at radius 1 is 1.33 bits per heavy atom. The summed E-state index contributed by atoms with van der Waals surface area (Å²) in [6, 6.07) is 6.15. The Hall–Kier alpha value is -2.08. The average molecular weight is 261 g/mol. The van der Waals surface area contributed by atoms with Gasteiger partial charge in [0.15, 0.2) is 0 Å². The molecular formula is C12H11N3O2S. The maximum Gasteiger partial charge on any atom is 0.316 e. The summed E-state index contributed by atoms with van der Waals surface area (Å²) >= 11 is 1.59. The lowest BCUT2D eigenvalue weighted by atomic mass is 10.3. The van der Waals surface area contributed by atoms with Crippen LogP contribution >= 0.6 is 11.3 Å². The van der Waals surface area contributed by atoms with E-state index in [1.54, 1.807) is 17.6 Å². The van der Waals surface area contributed by atoms with Crippen molar-refractivity contribution >= 4 is 17.4 Å². The summed E-state index contributed by atoms with van der Waals surface area (Å²) in [7, 11) is 0. The van der Waals surface area contributed by atoms with Gasteiger partial charge in [-0.1, -0.05) is 5.10 Å². The molecule has 0 unspecified atom stereocenters. The van der Waals surface area contributed by atoms with E-state index >= 15 is 0 Å². The van der Waals surface area contributed by atoms with Gasteiger partial charge in [-0.05, 0) is 36.1 Å². The highest BCUT2D eigenvalue weighted by Gasteiger charge is 2.11. The molecule has 3 aromatic rings. The number of rotatable bonds is 4. The first-order valence-electron chi connectivity index (χ1n) is 5.47. The molecule has 0 atom stereocenters. The van der Waals surface area contributed by atoms with Gasteiger partial charge < -0.3 is 14.2 Å². The molecule has 0 bridgehead atoms. The lowest BCUT2D eigenvalue weighted by Crippen LogP contribution is -1.97. The van der Waals surface area contributed by atoms with E-state index in [4.69, 9.17) is 8.83 Å². The molecule has 0 radical (unpaired) electrons. The number of hydrogen-bond acceptors (Lipinski definition) is 6. The van der Waals surface area contributed by atoms with E-state index in [1.165, 1.54) is 0 Å². The molecule has 18 heavy (non-hydrogen) atoms. The number of nitrogens with zero attached hydrogens (tertiary/aromatic N) is 2. The van der Waals surface area contributed by atoms with Crippen LogP contribution < -0.4 is 5.32 Å². The predicted octanol–water partition coefficient (Wildman–Crippen LogP) is 3.31. The van der Waals surface area contributed by atoms with Crippen LogP contribution in [0.3, 0.4) is 0 Å². The van der Waals surface area contributed by atoms with Gasteiger partial charge in [-0.3, -0.25) is 0 Å². The van der Waals surface area contributed by atoms with E-state index in [-0.39, 0.29) is 0 Å². The quantitative estimate of drug-likeness (QED) is 0.780. The van der Waals surface area contributed by atoms with Gasteiger partial charge in [0.05, 0.1) is 17.7 Å². The molecule has 3 rings (SSSR count). The molecular weight excluding hydrogens is 250 g/mol. The first-order valence-corrected chi connectivity index (χ1v) is 6.35. The van der Waals surface area contributed by atoms with Crippen LogP contribution in [0.1, 0.15) is 11.3 Å². The number of aromatic nitrogens is 2. The molecule has 0 aliphatic heterocycles. The fourth-order valence-corrected chi connectivity index (χ4v) is 2.40. The van der Waals surface area contributed by atoms with Crippen molar-refractivity contribution in [1.29, 1.82) is 0 Å². The van der Waals surface area contributed by atoms with Crippen molar-refractivity contribution < 1.29 is 8.83 Å². The SMILES string of the molecule is Cc1ccsc1-c1nnc(NCc2ccco2)o1. The van der Waals surface area contributed by atoms with E-state index in [0.29, 0.717) is 18.5 Å². The predicted molar refractivity (Wildman–Crippen MR) is 68.4 cm³/mol. The van der Waals surface area contributed by atoms with E-state index in [0.717, 1.165) is 16.2 Å². The molecule has 0 saturated heterocycles. The van der Waals surface area contributed by atoms with Crippen molar-refractivity contribution in [3.05, 3.63) is 41.2 Å². The van der Waals surface area contributed by atoms with Crippen LogP contribution in [0.5, 0.6) is 0 Å². The van der Waals surface area contributed by atoms with Crippen LogP contribution in [0.15, 0.2) is 38.7 Å². The van der Waals surface area contributed by atoms with Gasteiger partial charge in [0.2, 0.25) is 0 Å². The third-order valence-corrected chi connectivity index (χ3v) is 3.48. The highest BCUT2D eigenvalue weighted by molar-refractivity contribution is 7.13. The summed E-state index contributed by atoms with van der Waals surface area (Å²) in [5.74, 6) is 1.37. The van der Waals surface area contributed by atoms with Crippen LogP contribution in [0.4, 0.5) is 6.01 Å². The Kier molecular flexibility index (Phi) is 2.85. The number of anilines is 1. The van der Waals surface area contributed by atoms with Crippen molar-refractivity contribution in [1.82, 2.24) is 10.2 Å². The number of nitrogens with one attached hydrogen (secondary N) is 1. The Labute approximate surface area is 107 Å². The highest BCUT2D eigenvalue weighted by atomic mass is 32.1. The monoisotopic (exact) mass is 261 g/mol. The Balaban J connectivity index is 1.72. The molecule has 3 aromatic heterocycles. The summed E-state index contributed by atoms with van der Waals surface area (Å²) in [5.41, 5.74) is 1.14. The summed E-state index contributed by atoms with van der Waals surface area (Å²) < 4.78 is 10.7. The van der Waals surface area contributed by atoms with Crippen molar-refractivity contribution in [2.45, 2.75) is 13.5 Å². The van der Waals surface area contributed by atoms with Crippen LogP contribution in [0, 0.1) is 6.92 Å². The van der Waals surface area contributed by atoms with Crippen molar-refractivity contribution in [2.75, 3.05) is 5.32 Å². The van der Waals surface area contributed by atoms with Gasteiger partial charge in [0.25, 0.3) is 5.89 Å². The average Bonchev–Trinajstić information content (AvgIpc) is 3.07. The summed E-state index contributed by atoms with van der Waals surface area (Å²) in [6.07, 6.45) is 1.63. The minimum Gasteiger partial charge on any atom is -0.467 e. The molecule has 0 aliphatic carbocycles. The maximum atomic E-state index is 5.54. The van der Waals surface area contributed by atoms with Gasteiger partial charge in [0, 0.05) is 0 Å². The first kappa shape index (κ1) is 11.0. The van der Waals surface area contributed by atoms with Gasteiger partial charge in [0.1, 0.15) is 5.76 Å². The molecule has 0 fully saturated rings. The van der Waals surface area contributed by atoms with Gasteiger partial charge in [-0.15, -0.1) is 16.4 Å².